The van der Waals surface area contributed by atoms with E-state index in [1.165, 1.54) is 11.7 Å². The predicted molar refractivity (Wildman–Crippen MR) is 135 cm³/mol. The SMILES string of the molecule is Nc1ncnc2c1c(-c1ccc(Oc3ccccc3)cc1)nn2[C@@H]1CCCN(C(=O)CC=S)C1. The third-order valence-corrected chi connectivity index (χ3v) is 6.14. The van der Waals surface area contributed by atoms with Crippen LogP contribution in [0.15, 0.2) is 60.9 Å². The Kier molecular flexibility index (Phi) is 6.18. The molecule has 1 aliphatic rings. The number of hydrogen-bond donors (Lipinski definition) is 1. The maximum Gasteiger partial charge on any atom is 0.227 e. The molecule has 0 bridgehead atoms. The van der Waals surface area contributed by atoms with Crippen molar-refractivity contribution < 1.29 is 9.53 Å². The Hall–Kier alpha value is -3.85. The molecule has 1 atom stereocenters. The van der Waals surface area contributed by atoms with Crippen LogP contribution in [-0.2, 0) is 4.79 Å². The molecule has 0 aliphatic carbocycles. The summed E-state index contributed by atoms with van der Waals surface area (Å²) in [6, 6.07) is 17.3. The van der Waals surface area contributed by atoms with Crippen LogP contribution in [0.25, 0.3) is 22.3 Å². The van der Waals surface area contributed by atoms with Crippen molar-refractivity contribution >= 4 is 40.3 Å². The Morgan fingerprint density at radius 3 is 2.65 bits per heavy atom. The second kappa shape index (κ2) is 9.56. The van der Waals surface area contributed by atoms with Crippen LogP contribution < -0.4 is 10.5 Å². The van der Waals surface area contributed by atoms with Crippen molar-refractivity contribution in [1.82, 2.24) is 24.6 Å². The fraction of sp³-hybridized carbons (Fsp3) is 0.240. The Labute approximate surface area is 202 Å². The zero-order valence-electron chi connectivity index (χ0n) is 18.5. The summed E-state index contributed by atoms with van der Waals surface area (Å²) in [5.41, 5.74) is 8.54. The molecule has 2 aromatic carbocycles. The van der Waals surface area contributed by atoms with Crippen molar-refractivity contribution in [3.8, 4) is 22.8 Å². The van der Waals surface area contributed by atoms with E-state index in [0.717, 1.165) is 36.4 Å². The molecule has 2 N–H and O–H groups in total. The lowest BCUT2D eigenvalue weighted by Crippen LogP contribution is -2.41. The van der Waals surface area contributed by atoms with Crippen LogP contribution in [0.5, 0.6) is 11.5 Å². The second-order valence-corrected chi connectivity index (χ2v) is 8.53. The number of piperidine rings is 1. The molecule has 1 amide bonds. The molecule has 5 rings (SSSR count). The molecule has 0 unspecified atom stereocenters. The van der Waals surface area contributed by atoms with Crippen LogP contribution in [0.2, 0.25) is 0 Å². The average Bonchev–Trinajstić information content (AvgIpc) is 3.26. The number of rotatable bonds is 6. The highest BCUT2D eigenvalue weighted by Gasteiger charge is 2.28. The van der Waals surface area contributed by atoms with E-state index in [9.17, 15) is 4.79 Å². The summed E-state index contributed by atoms with van der Waals surface area (Å²) in [6.45, 7) is 1.29. The summed E-state index contributed by atoms with van der Waals surface area (Å²) < 4.78 is 7.81. The molecule has 0 radical (unpaired) electrons. The average molecular weight is 473 g/mol. The quantitative estimate of drug-likeness (QED) is 0.415. The maximum atomic E-state index is 12.4. The Morgan fingerprint density at radius 1 is 1.12 bits per heavy atom. The van der Waals surface area contributed by atoms with Gasteiger partial charge in [0.25, 0.3) is 0 Å². The summed E-state index contributed by atoms with van der Waals surface area (Å²) >= 11 is 4.87. The zero-order valence-corrected chi connectivity index (χ0v) is 19.3. The zero-order chi connectivity index (χ0) is 23.5. The van der Waals surface area contributed by atoms with Crippen LogP contribution in [0.1, 0.15) is 25.3 Å². The van der Waals surface area contributed by atoms with Gasteiger partial charge in [0.1, 0.15) is 29.3 Å². The predicted octanol–water partition coefficient (Wildman–Crippen LogP) is 4.42. The van der Waals surface area contributed by atoms with Gasteiger partial charge in [0.15, 0.2) is 5.65 Å². The minimum atomic E-state index is -0.00550. The van der Waals surface area contributed by atoms with Crippen molar-refractivity contribution in [2.24, 2.45) is 0 Å². The summed E-state index contributed by atoms with van der Waals surface area (Å²) in [4.78, 5) is 23.0. The van der Waals surface area contributed by atoms with Gasteiger partial charge in [-0.3, -0.25) is 4.79 Å². The van der Waals surface area contributed by atoms with Crippen LogP contribution >= 0.6 is 12.2 Å². The van der Waals surface area contributed by atoms with E-state index in [-0.39, 0.29) is 18.4 Å². The minimum Gasteiger partial charge on any atom is -0.457 e. The number of nitrogen functional groups attached to an aromatic ring is 1. The number of carbonyl (C=O) groups excluding carboxylic acids is 1. The number of fused-ring (bicyclic) bond motifs is 1. The number of amides is 1. The highest BCUT2D eigenvalue weighted by Crippen LogP contribution is 2.34. The van der Waals surface area contributed by atoms with E-state index in [4.69, 9.17) is 27.8 Å². The van der Waals surface area contributed by atoms with Gasteiger partial charge in [-0.1, -0.05) is 30.4 Å². The molecule has 9 heteroatoms. The van der Waals surface area contributed by atoms with Crippen LogP contribution in [0.3, 0.4) is 0 Å². The van der Waals surface area contributed by atoms with Gasteiger partial charge in [-0.25, -0.2) is 14.6 Å². The molecule has 0 spiro atoms. The normalized spacial score (nSPS) is 15.9. The first kappa shape index (κ1) is 22.0. The first-order valence-corrected chi connectivity index (χ1v) is 11.6. The fourth-order valence-corrected chi connectivity index (χ4v) is 4.48. The number of aromatic nitrogens is 4. The van der Waals surface area contributed by atoms with E-state index >= 15 is 0 Å². The first-order valence-electron chi connectivity index (χ1n) is 11.2. The molecular formula is C25H24N6O2S. The second-order valence-electron chi connectivity index (χ2n) is 8.20. The van der Waals surface area contributed by atoms with E-state index in [2.05, 4.69) is 9.97 Å². The molecule has 2 aromatic heterocycles. The number of nitrogens with two attached hydrogens (primary N) is 1. The third kappa shape index (κ3) is 4.34. The Balaban J connectivity index is 1.48. The molecule has 0 saturated carbocycles. The summed E-state index contributed by atoms with van der Waals surface area (Å²) in [7, 11) is 0. The van der Waals surface area contributed by atoms with Gasteiger partial charge in [0.05, 0.1) is 17.8 Å². The van der Waals surface area contributed by atoms with E-state index < -0.39 is 0 Å². The number of benzene rings is 2. The standard InChI is InChI=1S/C25H24N6O2S/c26-24-22-23(17-8-10-20(11-9-17)33-19-6-2-1-3-7-19)29-31(25(22)28-16-27-24)18-5-4-13-30(15-18)21(32)12-14-34/h1-3,6-11,14,16,18H,4-5,12-13,15H2,(H2,26,27,28)/t18-/m1/s1. The summed E-state index contributed by atoms with van der Waals surface area (Å²) in [5.74, 6) is 1.91. The smallest absolute Gasteiger partial charge is 0.227 e. The number of carbonyl (C=O) groups is 1. The van der Waals surface area contributed by atoms with Crippen LogP contribution in [0, 0.1) is 0 Å². The number of ether oxygens (including phenoxy) is 1. The molecule has 1 saturated heterocycles. The molecule has 1 fully saturated rings. The molecule has 3 heterocycles. The van der Waals surface area contributed by atoms with E-state index in [1.807, 2.05) is 64.2 Å². The monoisotopic (exact) mass is 472 g/mol. The van der Waals surface area contributed by atoms with E-state index in [1.54, 1.807) is 0 Å². The summed E-state index contributed by atoms with van der Waals surface area (Å²) in [6.07, 6.45) is 3.50. The van der Waals surface area contributed by atoms with Gasteiger partial charge in [0.2, 0.25) is 5.91 Å². The lowest BCUT2D eigenvalue weighted by molar-refractivity contribution is -0.131. The highest BCUT2D eigenvalue weighted by molar-refractivity contribution is 7.79. The maximum absolute atomic E-state index is 12.4. The lowest BCUT2D eigenvalue weighted by atomic mass is 10.1. The third-order valence-electron chi connectivity index (χ3n) is 5.98. The molecule has 172 valence electrons. The van der Waals surface area contributed by atoms with Gasteiger partial charge >= 0.3 is 0 Å². The fourth-order valence-electron chi connectivity index (χ4n) is 4.34. The molecule has 8 nitrogen and oxygen atoms in total. The number of nitrogens with zero attached hydrogens (tertiary/aromatic N) is 5. The largest absolute Gasteiger partial charge is 0.457 e. The van der Waals surface area contributed by atoms with Crippen LogP contribution in [-0.4, -0.2) is 49.0 Å². The minimum absolute atomic E-state index is 0.00550. The van der Waals surface area contributed by atoms with E-state index in [0.29, 0.717) is 29.1 Å². The van der Waals surface area contributed by atoms with Crippen molar-refractivity contribution in [3.63, 3.8) is 0 Å². The van der Waals surface area contributed by atoms with Crippen molar-refractivity contribution in [2.75, 3.05) is 18.8 Å². The molecule has 4 aromatic rings. The van der Waals surface area contributed by atoms with Gasteiger partial charge in [-0.2, -0.15) is 5.10 Å². The number of para-hydroxylation sites is 1. The van der Waals surface area contributed by atoms with Crippen molar-refractivity contribution in [3.05, 3.63) is 60.9 Å². The van der Waals surface area contributed by atoms with Gasteiger partial charge in [-0.15, -0.1) is 0 Å². The first-order chi connectivity index (χ1) is 16.6. The molecule has 34 heavy (non-hydrogen) atoms. The lowest BCUT2D eigenvalue weighted by Gasteiger charge is -2.32. The highest BCUT2D eigenvalue weighted by atomic mass is 32.1. The number of hydrogen-bond acceptors (Lipinski definition) is 7. The van der Waals surface area contributed by atoms with Gasteiger partial charge < -0.3 is 15.4 Å². The Morgan fingerprint density at radius 2 is 1.88 bits per heavy atom. The number of anilines is 1. The van der Waals surface area contributed by atoms with Crippen LogP contribution in [0.4, 0.5) is 5.82 Å². The molecule has 1 aliphatic heterocycles. The number of likely N-dealkylation sites (tertiary alicyclic amines) is 1. The van der Waals surface area contributed by atoms with Crippen molar-refractivity contribution in [1.29, 1.82) is 0 Å². The Bertz CT molecular complexity index is 1320. The van der Waals surface area contributed by atoms with Gasteiger partial charge in [-0.05, 0) is 54.6 Å². The number of thiocarbonyl (C=S) groups is 1. The topological polar surface area (TPSA) is 99.2 Å². The van der Waals surface area contributed by atoms with Gasteiger partial charge in [0, 0.05) is 18.7 Å². The van der Waals surface area contributed by atoms with Crippen molar-refractivity contribution in [2.45, 2.75) is 25.3 Å². The summed E-state index contributed by atoms with van der Waals surface area (Å²) in [5, 5.41) is 7.11. The molecular weight excluding hydrogens is 448 g/mol.